The summed E-state index contributed by atoms with van der Waals surface area (Å²) in [6, 6.07) is 15.1. The van der Waals surface area contributed by atoms with E-state index in [1.807, 2.05) is 30.0 Å². The standard InChI is InChI=1S/C24H29FN4O3/c1-2-28(17-22(30)26-16-19-8-10-21(25)11-9-19)23(31)18-27-12-14-29(15-13-27)24(32)20-6-4-3-5-7-20/h3-11H,2,12-18H2,1H3,(H,26,30). The first-order chi connectivity index (χ1) is 15.5. The molecule has 0 saturated carbocycles. The van der Waals surface area contributed by atoms with Crippen molar-refractivity contribution in [1.82, 2.24) is 20.0 Å². The predicted molar refractivity (Wildman–Crippen MR) is 119 cm³/mol. The average molecular weight is 441 g/mol. The fourth-order valence-electron chi connectivity index (χ4n) is 3.57. The summed E-state index contributed by atoms with van der Waals surface area (Å²) in [5, 5.41) is 2.76. The Kier molecular flexibility index (Phi) is 8.33. The third-order valence-corrected chi connectivity index (χ3v) is 5.51. The van der Waals surface area contributed by atoms with Gasteiger partial charge in [-0.2, -0.15) is 0 Å². The quantitative estimate of drug-likeness (QED) is 0.679. The average Bonchev–Trinajstić information content (AvgIpc) is 2.82. The van der Waals surface area contributed by atoms with Crippen LogP contribution in [0.3, 0.4) is 0 Å². The Morgan fingerprint density at radius 3 is 2.25 bits per heavy atom. The molecule has 32 heavy (non-hydrogen) atoms. The Hall–Kier alpha value is -3.26. The number of amides is 3. The second-order valence-electron chi connectivity index (χ2n) is 7.75. The van der Waals surface area contributed by atoms with Gasteiger partial charge < -0.3 is 15.1 Å². The molecule has 1 N–H and O–H groups in total. The molecule has 0 radical (unpaired) electrons. The number of nitrogens with zero attached hydrogens (tertiary/aromatic N) is 3. The van der Waals surface area contributed by atoms with Gasteiger partial charge >= 0.3 is 0 Å². The molecule has 2 aromatic rings. The van der Waals surface area contributed by atoms with E-state index in [1.54, 1.807) is 29.2 Å². The van der Waals surface area contributed by atoms with Crippen LogP contribution in [0, 0.1) is 5.82 Å². The van der Waals surface area contributed by atoms with Gasteiger partial charge in [-0.3, -0.25) is 19.3 Å². The second kappa shape index (κ2) is 11.4. The van der Waals surface area contributed by atoms with Crippen LogP contribution in [0.4, 0.5) is 4.39 Å². The number of hydrogen-bond acceptors (Lipinski definition) is 4. The minimum atomic E-state index is -0.326. The third kappa shape index (κ3) is 6.62. The lowest BCUT2D eigenvalue weighted by molar-refractivity contribution is -0.137. The van der Waals surface area contributed by atoms with Crippen molar-refractivity contribution in [2.24, 2.45) is 0 Å². The number of nitrogens with one attached hydrogen (secondary N) is 1. The van der Waals surface area contributed by atoms with Crippen LogP contribution in [-0.2, 0) is 16.1 Å². The first-order valence-corrected chi connectivity index (χ1v) is 10.8. The number of hydrogen-bond donors (Lipinski definition) is 1. The summed E-state index contributed by atoms with van der Waals surface area (Å²) < 4.78 is 13.0. The highest BCUT2D eigenvalue weighted by Gasteiger charge is 2.25. The van der Waals surface area contributed by atoms with Crippen LogP contribution >= 0.6 is 0 Å². The van der Waals surface area contributed by atoms with Gasteiger partial charge in [0.25, 0.3) is 5.91 Å². The summed E-state index contributed by atoms with van der Waals surface area (Å²) in [5.41, 5.74) is 1.46. The topological polar surface area (TPSA) is 73.0 Å². The maximum atomic E-state index is 13.0. The van der Waals surface area contributed by atoms with E-state index in [4.69, 9.17) is 0 Å². The highest BCUT2D eigenvalue weighted by atomic mass is 19.1. The van der Waals surface area contributed by atoms with Crippen molar-refractivity contribution in [1.29, 1.82) is 0 Å². The van der Waals surface area contributed by atoms with E-state index in [0.717, 1.165) is 5.56 Å². The molecule has 0 aromatic heterocycles. The number of carbonyl (C=O) groups excluding carboxylic acids is 3. The van der Waals surface area contributed by atoms with Gasteiger partial charge in [-0.05, 0) is 36.8 Å². The van der Waals surface area contributed by atoms with Crippen LogP contribution in [-0.4, -0.2) is 78.2 Å². The molecule has 1 saturated heterocycles. The molecule has 0 aliphatic carbocycles. The van der Waals surface area contributed by atoms with Crippen LogP contribution in [0.15, 0.2) is 54.6 Å². The van der Waals surface area contributed by atoms with Crippen LogP contribution in [0.5, 0.6) is 0 Å². The zero-order valence-electron chi connectivity index (χ0n) is 18.3. The van der Waals surface area contributed by atoms with E-state index >= 15 is 0 Å². The third-order valence-electron chi connectivity index (χ3n) is 5.51. The molecule has 2 aromatic carbocycles. The molecule has 1 heterocycles. The molecule has 0 atom stereocenters. The number of benzene rings is 2. The molecule has 7 nitrogen and oxygen atoms in total. The molecular weight excluding hydrogens is 411 g/mol. The summed E-state index contributed by atoms with van der Waals surface area (Å²) >= 11 is 0. The van der Waals surface area contributed by atoms with Crippen molar-refractivity contribution in [2.45, 2.75) is 13.5 Å². The number of rotatable bonds is 8. The van der Waals surface area contributed by atoms with Crippen LogP contribution < -0.4 is 5.32 Å². The lowest BCUT2D eigenvalue weighted by Gasteiger charge is -2.35. The van der Waals surface area contributed by atoms with Crippen molar-refractivity contribution in [3.8, 4) is 0 Å². The minimum absolute atomic E-state index is 0.00425. The van der Waals surface area contributed by atoms with E-state index in [-0.39, 0.29) is 43.2 Å². The highest BCUT2D eigenvalue weighted by molar-refractivity contribution is 5.94. The van der Waals surface area contributed by atoms with Crippen molar-refractivity contribution >= 4 is 17.7 Å². The first-order valence-electron chi connectivity index (χ1n) is 10.8. The SMILES string of the molecule is CCN(CC(=O)NCc1ccc(F)cc1)C(=O)CN1CCN(C(=O)c2ccccc2)CC1. The van der Waals surface area contributed by atoms with Crippen LogP contribution in [0.25, 0.3) is 0 Å². The largest absolute Gasteiger partial charge is 0.350 e. The highest BCUT2D eigenvalue weighted by Crippen LogP contribution is 2.09. The normalized spacial score (nSPS) is 14.1. The second-order valence-corrected chi connectivity index (χ2v) is 7.75. The van der Waals surface area contributed by atoms with Crippen LogP contribution in [0.1, 0.15) is 22.8 Å². The van der Waals surface area contributed by atoms with Crippen molar-refractivity contribution < 1.29 is 18.8 Å². The Balaban J connectivity index is 1.42. The van der Waals surface area contributed by atoms with Gasteiger partial charge in [-0.25, -0.2) is 4.39 Å². The molecule has 0 spiro atoms. The van der Waals surface area contributed by atoms with Gasteiger partial charge in [0.2, 0.25) is 11.8 Å². The molecule has 0 bridgehead atoms. The van der Waals surface area contributed by atoms with Crippen molar-refractivity contribution in [3.63, 3.8) is 0 Å². The van der Waals surface area contributed by atoms with Gasteiger partial charge in [-0.15, -0.1) is 0 Å². The van der Waals surface area contributed by atoms with E-state index in [1.165, 1.54) is 17.0 Å². The summed E-state index contributed by atoms with van der Waals surface area (Å²) in [6.07, 6.45) is 0. The van der Waals surface area contributed by atoms with E-state index in [9.17, 15) is 18.8 Å². The lowest BCUT2D eigenvalue weighted by atomic mass is 10.2. The monoisotopic (exact) mass is 440 g/mol. The predicted octanol–water partition coefficient (Wildman–Crippen LogP) is 1.75. The Bertz CT molecular complexity index is 913. The maximum Gasteiger partial charge on any atom is 0.253 e. The Morgan fingerprint density at radius 1 is 0.969 bits per heavy atom. The maximum absolute atomic E-state index is 13.0. The molecule has 8 heteroatoms. The van der Waals surface area contributed by atoms with Gasteiger partial charge in [-0.1, -0.05) is 30.3 Å². The molecule has 1 aliphatic heterocycles. The van der Waals surface area contributed by atoms with Crippen molar-refractivity contribution in [2.75, 3.05) is 45.8 Å². The first kappa shape index (κ1) is 23.4. The molecule has 1 fully saturated rings. The summed E-state index contributed by atoms with van der Waals surface area (Å²) in [7, 11) is 0. The van der Waals surface area contributed by atoms with Crippen LogP contribution in [0.2, 0.25) is 0 Å². The van der Waals surface area contributed by atoms with Gasteiger partial charge in [0.05, 0.1) is 13.1 Å². The lowest BCUT2D eigenvalue weighted by Crippen LogP contribution is -2.52. The Labute approximate surface area is 187 Å². The zero-order valence-corrected chi connectivity index (χ0v) is 18.3. The molecule has 1 aliphatic rings. The van der Waals surface area contributed by atoms with E-state index in [2.05, 4.69) is 5.32 Å². The zero-order chi connectivity index (χ0) is 22.9. The minimum Gasteiger partial charge on any atom is -0.350 e. The molecule has 3 rings (SSSR count). The number of halogens is 1. The van der Waals surface area contributed by atoms with Crippen molar-refractivity contribution in [3.05, 3.63) is 71.5 Å². The van der Waals surface area contributed by atoms with E-state index < -0.39 is 0 Å². The number of piperazine rings is 1. The van der Waals surface area contributed by atoms with Gasteiger partial charge in [0, 0.05) is 44.8 Å². The van der Waals surface area contributed by atoms with Gasteiger partial charge in [0.15, 0.2) is 0 Å². The Morgan fingerprint density at radius 2 is 1.62 bits per heavy atom. The van der Waals surface area contributed by atoms with E-state index in [0.29, 0.717) is 38.3 Å². The molecular formula is C24H29FN4O3. The summed E-state index contributed by atoms with van der Waals surface area (Å²) in [5.74, 6) is -0.701. The fourth-order valence-corrected chi connectivity index (χ4v) is 3.57. The summed E-state index contributed by atoms with van der Waals surface area (Å²) in [4.78, 5) is 42.9. The molecule has 3 amide bonds. The molecule has 170 valence electrons. The van der Waals surface area contributed by atoms with Gasteiger partial charge in [0.1, 0.15) is 5.82 Å². The smallest absolute Gasteiger partial charge is 0.253 e. The summed E-state index contributed by atoms with van der Waals surface area (Å²) in [6.45, 7) is 5.07. The number of likely N-dealkylation sites (N-methyl/N-ethyl adjacent to an activating group) is 1. The molecule has 0 unspecified atom stereocenters. The fraction of sp³-hybridized carbons (Fsp3) is 0.375. The number of carbonyl (C=O) groups is 3.